The summed E-state index contributed by atoms with van der Waals surface area (Å²) < 4.78 is 1.72. The Balaban J connectivity index is 1.56. The van der Waals surface area contributed by atoms with Gasteiger partial charge in [0.25, 0.3) is 0 Å². The molecule has 164 valence electrons. The molecular weight excluding hydrogens is 424 g/mol. The summed E-state index contributed by atoms with van der Waals surface area (Å²) in [5.41, 5.74) is 3.19. The summed E-state index contributed by atoms with van der Waals surface area (Å²) in [6, 6.07) is 14.2. The molecule has 1 unspecified atom stereocenters. The lowest BCUT2D eigenvalue weighted by molar-refractivity contribution is -0.118. The molecule has 0 radical (unpaired) electrons. The summed E-state index contributed by atoms with van der Waals surface area (Å²) in [6.45, 7) is 4.16. The van der Waals surface area contributed by atoms with Crippen LogP contribution >= 0.6 is 11.8 Å². The Bertz CT molecular complexity index is 1230. The number of nitrogens with one attached hydrogen (secondary N) is 1. The van der Waals surface area contributed by atoms with Crippen molar-refractivity contribution in [2.75, 3.05) is 5.32 Å². The van der Waals surface area contributed by atoms with Crippen LogP contribution in [0.2, 0.25) is 0 Å². The molecule has 0 saturated heterocycles. The van der Waals surface area contributed by atoms with Crippen LogP contribution in [-0.2, 0) is 10.5 Å². The van der Waals surface area contributed by atoms with Gasteiger partial charge < -0.3 is 15.5 Å². The smallest absolute Gasteiger partial charge is 0.227 e. The molecule has 2 aliphatic rings. The van der Waals surface area contributed by atoms with Crippen molar-refractivity contribution in [1.29, 1.82) is 0 Å². The van der Waals surface area contributed by atoms with Gasteiger partial charge in [-0.15, -0.1) is 5.10 Å². The topological polar surface area (TPSA) is 100 Å². The number of anilines is 1. The predicted octanol–water partition coefficient (Wildman–Crippen LogP) is 4.64. The van der Waals surface area contributed by atoms with Gasteiger partial charge in [0.05, 0.1) is 0 Å². The van der Waals surface area contributed by atoms with E-state index in [4.69, 9.17) is 10.1 Å². The molecule has 32 heavy (non-hydrogen) atoms. The van der Waals surface area contributed by atoms with Crippen molar-refractivity contribution >= 4 is 23.5 Å². The van der Waals surface area contributed by atoms with E-state index in [0.29, 0.717) is 35.1 Å². The van der Waals surface area contributed by atoms with Crippen molar-refractivity contribution in [3.05, 3.63) is 70.9 Å². The van der Waals surface area contributed by atoms with Gasteiger partial charge in [-0.2, -0.15) is 4.98 Å². The molecule has 0 fully saturated rings. The zero-order valence-electron chi connectivity index (χ0n) is 17.9. The highest BCUT2D eigenvalue weighted by molar-refractivity contribution is 7.98. The number of carbonyl (C=O) groups is 1. The van der Waals surface area contributed by atoms with Crippen molar-refractivity contribution in [3.8, 4) is 11.5 Å². The number of benzene rings is 2. The first kappa shape index (κ1) is 20.6. The fourth-order valence-corrected chi connectivity index (χ4v) is 5.18. The average molecular weight is 449 g/mol. The minimum absolute atomic E-state index is 0.0564. The quantitative estimate of drug-likeness (QED) is 0.395. The molecule has 0 amide bonds. The highest BCUT2D eigenvalue weighted by Gasteiger charge is 2.42. The molecule has 1 aromatic heterocycles. The van der Waals surface area contributed by atoms with Crippen LogP contribution in [0.15, 0.2) is 65.0 Å². The molecule has 7 nitrogen and oxygen atoms in total. The number of aromatic nitrogens is 3. The van der Waals surface area contributed by atoms with Crippen LogP contribution < -0.4 is 5.32 Å². The third-order valence-corrected chi connectivity index (χ3v) is 6.75. The Hall–Kier alpha value is -3.26. The number of Topliss-reactive ketones (excluding diaryl/α,β-unsaturated/α-hetero) is 1. The number of rotatable bonds is 4. The maximum absolute atomic E-state index is 13.2. The lowest BCUT2D eigenvalue weighted by atomic mass is 9.73. The summed E-state index contributed by atoms with van der Waals surface area (Å²) in [7, 11) is 0. The molecular formula is C24H24N4O3S. The molecule has 0 saturated carbocycles. The highest BCUT2D eigenvalue weighted by Crippen LogP contribution is 2.46. The van der Waals surface area contributed by atoms with Crippen molar-refractivity contribution in [1.82, 2.24) is 14.8 Å². The van der Waals surface area contributed by atoms with Crippen LogP contribution in [0.5, 0.6) is 11.5 Å². The monoisotopic (exact) mass is 448 g/mol. The van der Waals surface area contributed by atoms with E-state index < -0.39 is 6.04 Å². The molecule has 1 aliphatic carbocycles. The molecule has 1 aliphatic heterocycles. The number of phenols is 2. The second kappa shape index (κ2) is 7.70. The number of thioether (sulfide) groups is 1. The first-order chi connectivity index (χ1) is 15.3. The van der Waals surface area contributed by atoms with E-state index in [9.17, 15) is 15.0 Å². The van der Waals surface area contributed by atoms with Gasteiger partial charge in [-0.05, 0) is 35.1 Å². The summed E-state index contributed by atoms with van der Waals surface area (Å²) in [5.74, 6) is 0.926. The van der Waals surface area contributed by atoms with E-state index in [-0.39, 0.29) is 22.7 Å². The number of hydrogen-bond donors (Lipinski definition) is 3. The van der Waals surface area contributed by atoms with Gasteiger partial charge in [-0.25, -0.2) is 4.68 Å². The molecule has 0 bridgehead atoms. The van der Waals surface area contributed by atoms with Gasteiger partial charge in [0.15, 0.2) is 17.3 Å². The Morgan fingerprint density at radius 2 is 1.91 bits per heavy atom. The number of allylic oxidation sites excluding steroid dienone is 2. The van der Waals surface area contributed by atoms with E-state index >= 15 is 0 Å². The van der Waals surface area contributed by atoms with Gasteiger partial charge in [-0.1, -0.05) is 62.0 Å². The molecule has 0 spiro atoms. The largest absolute Gasteiger partial charge is 0.504 e. The maximum atomic E-state index is 13.2. The van der Waals surface area contributed by atoms with E-state index in [1.807, 2.05) is 18.2 Å². The lowest BCUT2D eigenvalue weighted by Gasteiger charge is -2.38. The van der Waals surface area contributed by atoms with Crippen molar-refractivity contribution in [2.45, 2.75) is 43.6 Å². The molecule has 2 heterocycles. The van der Waals surface area contributed by atoms with Gasteiger partial charge >= 0.3 is 0 Å². The van der Waals surface area contributed by atoms with Crippen molar-refractivity contribution < 1.29 is 15.0 Å². The Labute approximate surface area is 190 Å². The minimum Gasteiger partial charge on any atom is -0.504 e. The number of aromatic hydroxyl groups is 2. The standard InChI is InChI=1S/C24H24N4O3S/c1-24(2)11-16-20(19(31)12-24)21(15-8-9-17(29)18(30)10-15)28-22(25-16)26-23(27-28)32-13-14-6-4-3-5-7-14/h3-10,21,29-30H,11-13H2,1-2H3,(H,25,26,27). The molecule has 3 N–H and O–H groups in total. The van der Waals surface area contributed by atoms with E-state index in [1.54, 1.807) is 10.7 Å². The minimum atomic E-state index is -0.519. The van der Waals surface area contributed by atoms with Gasteiger partial charge in [0.2, 0.25) is 11.1 Å². The first-order valence-corrected chi connectivity index (χ1v) is 11.5. The zero-order chi connectivity index (χ0) is 22.5. The van der Waals surface area contributed by atoms with Gasteiger partial charge in [0.1, 0.15) is 6.04 Å². The van der Waals surface area contributed by atoms with Gasteiger partial charge in [0, 0.05) is 23.4 Å². The number of fused-ring (bicyclic) bond motifs is 1. The predicted molar refractivity (Wildman–Crippen MR) is 123 cm³/mol. The number of phenolic OH excluding ortho intramolecular Hbond substituents is 2. The molecule has 1 atom stereocenters. The normalized spacial score (nSPS) is 19.3. The Morgan fingerprint density at radius 1 is 1.12 bits per heavy atom. The zero-order valence-corrected chi connectivity index (χ0v) is 18.7. The number of hydrogen-bond acceptors (Lipinski definition) is 7. The van der Waals surface area contributed by atoms with Crippen LogP contribution in [0.3, 0.4) is 0 Å². The van der Waals surface area contributed by atoms with E-state index in [2.05, 4.69) is 31.3 Å². The molecule has 5 rings (SSSR count). The van der Waals surface area contributed by atoms with E-state index in [0.717, 1.165) is 11.4 Å². The molecule has 2 aromatic carbocycles. The molecule has 8 heteroatoms. The van der Waals surface area contributed by atoms with Gasteiger partial charge in [-0.3, -0.25) is 4.79 Å². The Kier molecular flexibility index (Phi) is 4.97. The van der Waals surface area contributed by atoms with Crippen LogP contribution in [0.25, 0.3) is 0 Å². The van der Waals surface area contributed by atoms with Crippen molar-refractivity contribution in [3.63, 3.8) is 0 Å². The first-order valence-electron chi connectivity index (χ1n) is 10.5. The van der Waals surface area contributed by atoms with Crippen molar-refractivity contribution in [2.24, 2.45) is 5.41 Å². The number of ketones is 1. The van der Waals surface area contributed by atoms with Crippen LogP contribution in [-0.4, -0.2) is 30.8 Å². The summed E-state index contributed by atoms with van der Waals surface area (Å²) in [6.07, 6.45) is 1.15. The third-order valence-electron chi connectivity index (χ3n) is 5.84. The average Bonchev–Trinajstić information content (AvgIpc) is 3.15. The fourth-order valence-electron chi connectivity index (χ4n) is 4.39. The van der Waals surface area contributed by atoms with E-state index in [1.165, 1.54) is 29.5 Å². The maximum Gasteiger partial charge on any atom is 0.227 e. The second-order valence-corrected chi connectivity index (χ2v) is 9.99. The third kappa shape index (κ3) is 3.75. The van der Waals surface area contributed by atoms with Crippen LogP contribution in [0, 0.1) is 5.41 Å². The van der Waals surface area contributed by atoms with Crippen LogP contribution in [0.1, 0.15) is 43.9 Å². The second-order valence-electron chi connectivity index (χ2n) is 9.05. The fraction of sp³-hybridized carbons (Fsp3) is 0.292. The number of carbonyl (C=O) groups excluding carboxylic acids is 1. The summed E-state index contributed by atoms with van der Waals surface area (Å²) in [5, 5.41) is 28.6. The Morgan fingerprint density at radius 3 is 2.66 bits per heavy atom. The number of nitrogens with zero attached hydrogens (tertiary/aromatic N) is 3. The lowest BCUT2D eigenvalue weighted by Crippen LogP contribution is -2.36. The highest BCUT2D eigenvalue weighted by atomic mass is 32.2. The SMILES string of the molecule is CC1(C)CC(=O)C2=C(C1)Nc1nc(SCc3ccccc3)nn1C2c1ccc(O)c(O)c1. The summed E-state index contributed by atoms with van der Waals surface area (Å²) >= 11 is 1.53. The molecule has 3 aromatic rings. The van der Waals surface area contributed by atoms with Crippen LogP contribution in [0.4, 0.5) is 5.95 Å². The summed E-state index contributed by atoms with van der Waals surface area (Å²) in [4.78, 5) is 17.9.